The lowest BCUT2D eigenvalue weighted by Gasteiger charge is -2.25. The SMILES string of the molecule is CCC(=O)N(CC)c1cc(C(=O)OC(C)(C)C)cc(N(C)C(C)=O)c1. The summed E-state index contributed by atoms with van der Waals surface area (Å²) in [5.74, 6) is -0.718. The molecule has 0 heterocycles. The molecule has 25 heavy (non-hydrogen) atoms. The largest absolute Gasteiger partial charge is 0.456 e. The first-order chi connectivity index (χ1) is 11.5. The number of hydrogen-bond acceptors (Lipinski definition) is 4. The second kappa shape index (κ2) is 8.14. The summed E-state index contributed by atoms with van der Waals surface area (Å²) < 4.78 is 5.43. The molecule has 6 heteroatoms. The molecule has 0 aliphatic carbocycles. The number of benzene rings is 1. The normalized spacial score (nSPS) is 11.0. The van der Waals surface area contributed by atoms with Crippen LogP contribution in [0.4, 0.5) is 11.4 Å². The third-order valence-electron chi connectivity index (χ3n) is 3.63. The molecule has 0 saturated heterocycles. The van der Waals surface area contributed by atoms with Gasteiger partial charge in [0.2, 0.25) is 11.8 Å². The van der Waals surface area contributed by atoms with Gasteiger partial charge in [-0.1, -0.05) is 6.92 Å². The Morgan fingerprint density at radius 1 is 1.04 bits per heavy atom. The van der Waals surface area contributed by atoms with Crippen LogP contribution in [0.1, 0.15) is 58.3 Å². The molecule has 0 aliphatic heterocycles. The number of nitrogens with zero attached hydrogens (tertiary/aromatic N) is 2. The van der Waals surface area contributed by atoms with Gasteiger partial charge in [0.1, 0.15) is 5.60 Å². The van der Waals surface area contributed by atoms with Gasteiger partial charge in [0.05, 0.1) is 5.56 Å². The molecule has 138 valence electrons. The van der Waals surface area contributed by atoms with E-state index in [1.165, 1.54) is 11.8 Å². The van der Waals surface area contributed by atoms with Crippen molar-refractivity contribution in [3.05, 3.63) is 23.8 Å². The first-order valence-corrected chi connectivity index (χ1v) is 8.43. The Morgan fingerprint density at radius 2 is 1.60 bits per heavy atom. The average Bonchev–Trinajstić information content (AvgIpc) is 2.52. The van der Waals surface area contributed by atoms with Crippen molar-refractivity contribution >= 4 is 29.2 Å². The van der Waals surface area contributed by atoms with Crippen molar-refractivity contribution < 1.29 is 19.1 Å². The monoisotopic (exact) mass is 348 g/mol. The van der Waals surface area contributed by atoms with Crippen LogP contribution in [0.5, 0.6) is 0 Å². The highest BCUT2D eigenvalue weighted by Crippen LogP contribution is 2.27. The molecule has 1 rings (SSSR count). The third-order valence-corrected chi connectivity index (χ3v) is 3.63. The number of amides is 2. The van der Waals surface area contributed by atoms with Crippen molar-refractivity contribution in [1.29, 1.82) is 0 Å². The molecule has 0 N–H and O–H groups in total. The van der Waals surface area contributed by atoms with E-state index in [4.69, 9.17) is 4.74 Å². The molecule has 1 aromatic rings. The second-order valence-electron chi connectivity index (χ2n) is 6.81. The van der Waals surface area contributed by atoms with Crippen LogP contribution >= 0.6 is 0 Å². The molecule has 0 fully saturated rings. The van der Waals surface area contributed by atoms with Gasteiger partial charge in [0.15, 0.2) is 0 Å². The lowest BCUT2D eigenvalue weighted by Crippen LogP contribution is -2.31. The number of carbonyl (C=O) groups excluding carboxylic acids is 3. The molecular weight excluding hydrogens is 320 g/mol. The van der Waals surface area contributed by atoms with Gasteiger partial charge in [-0.15, -0.1) is 0 Å². The highest BCUT2D eigenvalue weighted by molar-refractivity contribution is 5.99. The van der Waals surface area contributed by atoms with Crippen LogP contribution < -0.4 is 9.80 Å². The van der Waals surface area contributed by atoms with Crippen LogP contribution in [0.25, 0.3) is 0 Å². The molecule has 2 amide bonds. The number of esters is 1. The molecule has 0 radical (unpaired) electrons. The Bertz CT molecular complexity index is 662. The minimum atomic E-state index is -0.636. The number of ether oxygens (including phenoxy) is 1. The Kier molecular flexibility index (Phi) is 6.73. The first-order valence-electron chi connectivity index (χ1n) is 8.43. The fourth-order valence-electron chi connectivity index (χ4n) is 2.28. The number of anilines is 2. The zero-order valence-corrected chi connectivity index (χ0v) is 16.2. The van der Waals surface area contributed by atoms with Crippen LogP contribution in [-0.4, -0.2) is 37.0 Å². The molecular formula is C19H28N2O4. The second-order valence-corrected chi connectivity index (χ2v) is 6.81. The minimum absolute atomic E-state index is 0.0553. The zero-order chi connectivity index (χ0) is 19.4. The predicted octanol–water partition coefficient (Wildman–Crippen LogP) is 3.39. The van der Waals surface area contributed by atoms with Gasteiger partial charge >= 0.3 is 5.97 Å². The van der Waals surface area contributed by atoms with Crippen LogP contribution in [-0.2, 0) is 14.3 Å². The number of rotatable bonds is 5. The molecule has 0 spiro atoms. The topological polar surface area (TPSA) is 66.9 Å². The standard InChI is InChI=1S/C19H28N2O4/c1-8-17(23)21(9-2)16-11-14(18(24)25-19(4,5)6)10-15(12-16)20(7)13(3)22/h10-12H,8-9H2,1-7H3. The maximum Gasteiger partial charge on any atom is 0.338 e. The van der Waals surface area contributed by atoms with E-state index in [0.717, 1.165) is 0 Å². The summed E-state index contributed by atoms with van der Waals surface area (Å²) in [5.41, 5.74) is 0.774. The minimum Gasteiger partial charge on any atom is -0.456 e. The molecule has 0 bridgehead atoms. The maximum atomic E-state index is 12.5. The summed E-state index contributed by atoms with van der Waals surface area (Å²) in [6.45, 7) is 10.9. The van der Waals surface area contributed by atoms with Crippen molar-refractivity contribution in [2.24, 2.45) is 0 Å². The van der Waals surface area contributed by atoms with E-state index >= 15 is 0 Å². The smallest absolute Gasteiger partial charge is 0.338 e. The lowest BCUT2D eigenvalue weighted by molar-refractivity contribution is -0.118. The summed E-state index contributed by atoms with van der Waals surface area (Å²) in [7, 11) is 1.62. The van der Waals surface area contributed by atoms with Crippen molar-refractivity contribution in [2.45, 2.75) is 53.6 Å². The van der Waals surface area contributed by atoms with E-state index in [2.05, 4.69) is 0 Å². The molecule has 1 aromatic carbocycles. The van der Waals surface area contributed by atoms with E-state index in [9.17, 15) is 14.4 Å². The summed E-state index contributed by atoms with van der Waals surface area (Å²) >= 11 is 0. The molecule has 0 saturated carbocycles. The fourth-order valence-corrected chi connectivity index (χ4v) is 2.28. The predicted molar refractivity (Wildman–Crippen MR) is 99.0 cm³/mol. The van der Waals surface area contributed by atoms with Crippen molar-refractivity contribution in [1.82, 2.24) is 0 Å². The van der Waals surface area contributed by atoms with Gasteiger partial charge in [-0.25, -0.2) is 4.79 Å². The van der Waals surface area contributed by atoms with Crippen molar-refractivity contribution in [3.8, 4) is 0 Å². The van der Waals surface area contributed by atoms with E-state index in [1.807, 2.05) is 6.92 Å². The zero-order valence-electron chi connectivity index (χ0n) is 16.2. The van der Waals surface area contributed by atoms with Crippen molar-refractivity contribution in [3.63, 3.8) is 0 Å². The van der Waals surface area contributed by atoms with Gasteiger partial charge in [-0.3, -0.25) is 9.59 Å². The Morgan fingerprint density at radius 3 is 2.04 bits per heavy atom. The van der Waals surface area contributed by atoms with Crippen LogP contribution in [0.2, 0.25) is 0 Å². The third kappa shape index (κ3) is 5.59. The highest BCUT2D eigenvalue weighted by Gasteiger charge is 2.22. The molecule has 0 aromatic heterocycles. The summed E-state index contributed by atoms with van der Waals surface area (Å²) in [6.07, 6.45) is 0.350. The van der Waals surface area contributed by atoms with E-state index in [-0.39, 0.29) is 11.8 Å². The first kappa shape index (κ1) is 20.7. The molecule has 0 unspecified atom stereocenters. The van der Waals surface area contributed by atoms with Gasteiger partial charge in [-0.05, 0) is 45.9 Å². The summed E-state index contributed by atoms with van der Waals surface area (Å²) in [5, 5.41) is 0. The van der Waals surface area contributed by atoms with Gasteiger partial charge < -0.3 is 14.5 Å². The average molecular weight is 348 g/mol. The molecule has 0 atom stereocenters. The van der Waals surface area contributed by atoms with Gasteiger partial charge in [0.25, 0.3) is 0 Å². The number of carbonyl (C=O) groups is 3. The fraction of sp³-hybridized carbons (Fsp3) is 0.526. The summed E-state index contributed by atoms with van der Waals surface area (Å²) in [4.78, 5) is 39.4. The van der Waals surface area contributed by atoms with E-state index in [0.29, 0.717) is 29.9 Å². The van der Waals surface area contributed by atoms with Crippen LogP contribution in [0.3, 0.4) is 0 Å². The van der Waals surface area contributed by atoms with Gasteiger partial charge in [0, 0.05) is 38.3 Å². The Hall–Kier alpha value is -2.37. The van der Waals surface area contributed by atoms with Crippen molar-refractivity contribution in [2.75, 3.05) is 23.4 Å². The Balaban J connectivity index is 3.44. The maximum absolute atomic E-state index is 12.5. The number of hydrogen-bond donors (Lipinski definition) is 0. The quantitative estimate of drug-likeness (QED) is 0.765. The van der Waals surface area contributed by atoms with Crippen LogP contribution in [0.15, 0.2) is 18.2 Å². The molecule has 6 nitrogen and oxygen atoms in total. The van der Waals surface area contributed by atoms with E-state index < -0.39 is 11.6 Å². The summed E-state index contributed by atoms with van der Waals surface area (Å²) in [6, 6.07) is 4.96. The highest BCUT2D eigenvalue weighted by atomic mass is 16.6. The lowest BCUT2D eigenvalue weighted by atomic mass is 10.1. The van der Waals surface area contributed by atoms with E-state index in [1.54, 1.807) is 57.8 Å². The van der Waals surface area contributed by atoms with Crippen LogP contribution in [0, 0.1) is 0 Å². The van der Waals surface area contributed by atoms with Gasteiger partial charge in [-0.2, -0.15) is 0 Å². The molecule has 0 aliphatic rings. The Labute approximate surface area is 149 Å².